The van der Waals surface area contributed by atoms with Crippen molar-refractivity contribution in [1.82, 2.24) is 4.90 Å². The number of rotatable bonds is 4. The zero-order chi connectivity index (χ0) is 17.9. The van der Waals surface area contributed by atoms with Gasteiger partial charge in [0.05, 0.1) is 13.2 Å². The molecule has 0 radical (unpaired) electrons. The van der Waals surface area contributed by atoms with E-state index in [0.29, 0.717) is 23.6 Å². The highest BCUT2D eigenvalue weighted by atomic mass is 16.5. The Morgan fingerprint density at radius 2 is 2.20 bits per heavy atom. The van der Waals surface area contributed by atoms with E-state index in [-0.39, 0.29) is 24.0 Å². The Morgan fingerprint density at radius 1 is 1.40 bits per heavy atom. The molecule has 2 fully saturated rings. The molecule has 1 saturated heterocycles. The second-order valence-electron chi connectivity index (χ2n) is 6.96. The lowest BCUT2D eigenvalue weighted by atomic mass is 9.76. The summed E-state index contributed by atoms with van der Waals surface area (Å²) in [4.78, 5) is 14.8. The third-order valence-electron chi connectivity index (χ3n) is 5.48. The lowest BCUT2D eigenvalue weighted by molar-refractivity contribution is -0.00537. The highest BCUT2D eigenvalue weighted by Crippen LogP contribution is 2.45. The van der Waals surface area contributed by atoms with Crippen LogP contribution in [0, 0.1) is 17.8 Å². The molecule has 1 unspecified atom stereocenters. The molecule has 1 aliphatic heterocycles. The van der Waals surface area contributed by atoms with Crippen LogP contribution in [0.3, 0.4) is 0 Å². The van der Waals surface area contributed by atoms with E-state index in [4.69, 9.17) is 15.9 Å². The number of hydrogen-bond acceptors (Lipinski definition) is 4. The number of benzene rings is 1. The Bertz CT molecular complexity index is 681. The summed E-state index contributed by atoms with van der Waals surface area (Å²) in [5.41, 5.74) is 0.431. The van der Waals surface area contributed by atoms with Crippen molar-refractivity contribution in [3.63, 3.8) is 0 Å². The van der Waals surface area contributed by atoms with Gasteiger partial charge < -0.3 is 19.5 Å². The van der Waals surface area contributed by atoms with Gasteiger partial charge in [0.15, 0.2) is 11.5 Å². The normalized spacial score (nSPS) is 25.6. The second-order valence-corrected chi connectivity index (χ2v) is 6.96. The van der Waals surface area contributed by atoms with E-state index >= 15 is 0 Å². The van der Waals surface area contributed by atoms with E-state index in [9.17, 15) is 9.90 Å². The molecule has 0 bridgehead atoms. The van der Waals surface area contributed by atoms with Crippen LogP contribution in [-0.2, 0) is 0 Å². The first-order valence-electron chi connectivity index (χ1n) is 8.81. The summed E-state index contributed by atoms with van der Waals surface area (Å²) in [6, 6.07) is 5.16. The molecule has 3 rings (SSSR count). The largest absolute Gasteiger partial charge is 0.493 e. The van der Waals surface area contributed by atoms with Gasteiger partial charge in [-0.05, 0) is 43.9 Å². The van der Waals surface area contributed by atoms with Gasteiger partial charge in [-0.1, -0.05) is 12.3 Å². The van der Waals surface area contributed by atoms with Crippen LogP contribution < -0.4 is 9.47 Å². The maximum Gasteiger partial charge on any atom is 0.254 e. The SMILES string of the molecule is C#CCOc1cc(C(=O)N2CCC[C@]3(CCCC3O)C2)ccc1OC. The number of aliphatic hydroxyl groups excluding tert-OH is 1. The molecule has 1 spiro atoms. The Balaban J connectivity index is 1.79. The third-order valence-corrected chi connectivity index (χ3v) is 5.48. The molecule has 2 atom stereocenters. The lowest BCUT2D eigenvalue weighted by Crippen LogP contribution is -2.49. The summed E-state index contributed by atoms with van der Waals surface area (Å²) >= 11 is 0. The number of likely N-dealkylation sites (tertiary alicyclic amines) is 1. The molecule has 1 heterocycles. The van der Waals surface area contributed by atoms with Crippen molar-refractivity contribution in [2.24, 2.45) is 5.41 Å². The van der Waals surface area contributed by atoms with E-state index in [1.165, 1.54) is 0 Å². The molecule has 134 valence electrons. The van der Waals surface area contributed by atoms with Crippen LogP contribution in [0.15, 0.2) is 18.2 Å². The predicted molar refractivity (Wildman–Crippen MR) is 94.8 cm³/mol. The van der Waals surface area contributed by atoms with Crippen molar-refractivity contribution in [1.29, 1.82) is 0 Å². The molecule has 1 aromatic carbocycles. The maximum absolute atomic E-state index is 13.0. The van der Waals surface area contributed by atoms with Crippen LogP contribution in [0.5, 0.6) is 11.5 Å². The summed E-state index contributed by atoms with van der Waals surface area (Å²) < 4.78 is 10.8. The second kappa shape index (κ2) is 7.37. The monoisotopic (exact) mass is 343 g/mol. The number of nitrogens with zero attached hydrogens (tertiary/aromatic N) is 1. The molecule has 0 aromatic heterocycles. The Morgan fingerprint density at radius 3 is 2.88 bits per heavy atom. The molecule has 2 aliphatic rings. The highest BCUT2D eigenvalue weighted by Gasteiger charge is 2.45. The fourth-order valence-corrected chi connectivity index (χ4v) is 4.15. The number of methoxy groups -OCH3 is 1. The quantitative estimate of drug-likeness (QED) is 0.854. The van der Waals surface area contributed by atoms with E-state index in [1.807, 2.05) is 4.90 Å². The van der Waals surface area contributed by atoms with Gasteiger partial charge in [0.2, 0.25) is 0 Å². The van der Waals surface area contributed by atoms with E-state index < -0.39 is 0 Å². The van der Waals surface area contributed by atoms with Gasteiger partial charge in [-0.15, -0.1) is 6.42 Å². The molecule has 5 heteroatoms. The number of amides is 1. The first kappa shape index (κ1) is 17.6. The third kappa shape index (κ3) is 3.45. The van der Waals surface area contributed by atoms with Gasteiger partial charge in [0, 0.05) is 24.1 Å². The Labute approximate surface area is 148 Å². The number of ether oxygens (including phenoxy) is 2. The number of piperidine rings is 1. The molecule has 5 nitrogen and oxygen atoms in total. The first-order chi connectivity index (χ1) is 12.1. The van der Waals surface area contributed by atoms with Crippen molar-refractivity contribution in [2.45, 2.75) is 38.2 Å². The van der Waals surface area contributed by atoms with Gasteiger partial charge >= 0.3 is 0 Å². The van der Waals surface area contributed by atoms with E-state index in [0.717, 1.165) is 38.6 Å². The summed E-state index contributed by atoms with van der Waals surface area (Å²) in [6.45, 7) is 1.46. The molecule has 1 aromatic rings. The van der Waals surface area contributed by atoms with E-state index in [1.54, 1.807) is 25.3 Å². The standard InChI is InChI=1S/C20H25NO4/c1-3-12-25-17-13-15(7-8-16(17)24-2)19(23)21-11-5-10-20(14-21)9-4-6-18(20)22/h1,7-8,13,18,22H,4-6,9-12,14H2,2H3/t18?,20-/m1/s1. The van der Waals surface area contributed by atoms with Gasteiger partial charge in [0.25, 0.3) is 5.91 Å². The molecule has 1 amide bonds. The van der Waals surface area contributed by atoms with Crippen LogP contribution in [0.4, 0.5) is 0 Å². The smallest absolute Gasteiger partial charge is 0.254 e. The first-order valence-corrected chi connectivity index (χ1v) is 8.81. The fourth-order valence-electron chi connectivity index (χ4n) is 4.15. The number of aliphatic hydroxyl groups is 1. The summed E-state index contributed by atoms with van der Waals surface area (Å²) in [5, 5.41) is 10.4. The highest BCUT2D eigenvalue weighted by molar-refractivity contribution is 5.95. The minimum absolute atomic E-state index is 0.0358. The van der Waals surface area contributed by atoms with Crippen molar-refractivity contribution in [3.8, 4) is 23.8 Å². The van der Waals surface area contributed by atoms with Crippen molar-refractivity contribution >= 4 is 5.91 Å². The zero-order valence-corrected chi connectivity index (χ0v) is 14.7. The summed E-state index contributed by atoms with van der Waals surface area (Å²) in [5.74, 6) is 3.40. The van der Waals surface area contributed by atoms with Crippen LogP contribution in [0.25, 0.3) is 0 Å². The number of carbonyl (C=O) groups is 1. The Kier molecular flexibility index (Phi) is 5.19. The van der Waals surface area contributed by atoms with Crippen LogP contribution >= 0.6 is 0 Å². The number of hydrogen-bond donors (Lipinski definition) is 1. The molecule has 25 heavy (non-hydrogen) atoms. The van der Waals surface area contributed by atoms with Gasteiger partial charge in [0.1, 0.15) is 6.61 Å². The summed E-state index contributed by atoms with van der Waals surface area (Å²) in [7, 11) is 1.55. The van der Waals surface area contributed by atoms with Crippen molar-refractivity contribution in [2.75, 3.05) is 26.8 Å². The topological polar surface area (TPSA) is 59.0 Å². The summed E-state index contributed by atoms with van der Waals surface area (Å²) in [6.07, 6.45) is 9.75. The van der Waals surface area contributed by atoms with Crippen LogP contribution in [-0.4, -0.2) is 48.8 Å². The molecular weight excluding hydrogens is 318 g/mol. The lowest BCUT2D eigenvalue weighted by Gasteiger charge is -2.42. The molecule has 1 N–H and O–H groups in total. The Hall–Kier alpha value is -2.19. The molecular formula is C20H25NO4. The van der Waals surface area contributed by atoms with E-state index in [2.05, 4.69) is 5.92 Å². The number of terminal acetylenes is 1. The zero-order valence-electron chi connectivity index (χ0n) is 14.7. The van der Waals surface area contributed by atoms with Crippen molar-refractivity contribution < 1.29 is 19.4 Å². The fraction of sp³-hybridized carbons (Fsp3) is 0.550. The molecule has 1 saturated carbocycles. The predicted octanol–water partition coefficient (Wildman–Crippen LogP) is 2.47. The van der Waals surface area contributed by atoms with Gasteiger partial charge in [-0.2, -0.15) is 0 Å². The van der Waals surface area contributed by atoms with Gasteiger partial charge in [-0.3, -0.25) is 4.79 Å². The van der Waals surface area contributed by atoms with Crippen LogP contribution in [0.2, 0.25) is 0 Å². The number of carbonyl (C=O) groups excluding carboxylic acids is 1. The minimum atomic E-state index is -0.298. The van der Waals surface area contributed by atoms with Crippen molar-refractivity contribution in [3.05, 3.63) is 23.8 Å². The molecule has 1 aliphatic carbocycles. The minimum Gasteiger partial charge on any atom is -0.493 e. The van der Waals surface area contributed by atoms with Gasteiger partial charge in [-0.25, -0.2) is 0 Å². The van der Waals surface area contributed by atoms with Crippen LogP contribution in [0.1, 0.15) is 42.5 Å². The average molecular weight is 343 g/mol. The average Bonchev–Trinajstić information content (AvgIpc) is 2.98. The maximum atomic E-state index is 13.0.